The van der Waals surface area contributed by atoms with Crippen molar-refractivity contribution in [2.24, 2.45) is 0 Å². The Hall–Kier alpha value is 1.20. The van der Waals surface area contributed by atoms with Crippen molar-refractivity contribution in [2.45, 2.75) is 0 Å². The molecule has 0 N–H and O–H groups in total. The van der Waals surface area contributed by atoms with Crippen LogP contribution in [-0.2, 0) is 0 Å². The fourth-order valence-electron chi connectivity index (χ4n) is 0. The average Bonchev–Trinajstić information content (AvgIpc) is 0.811. The molecule has 34 valence electrons. The standard InChI is InChI=1S/C3H8P.CH3.Mg/c1-4(2)3;;/h1H2,2-3H3;1H3;/q2*-1;+2. The van der Waals surface area contributed by atoms with Crippen molar-refractivity contribution in [3.63, 3.8) is 0 Å². The van der Waals surface area contributed by atoms with Crippen LogP contribution in [0.3, 0.4) is 0 Å². The molecule has 6 heavy (non-hydrogen) atoms. The Morgan fingerprint density at radius 2 is 1.33 bits per heavy atom. The first-order valence-corrected chi connectivity index (χ1v) is 3.63. The molecular weight excluding hydrogens is 103 g/mol. The summed E-state index contributed by atoms with van der Waals surface area (Å²) in [5, 5.41) is 0. The Kier molecular flexibility index (Phi) is 24.8. The van der Waals surface area contributed by atoms with Crippen molar-refractivity contribution >= 4 is 31.0 Å². The van der Waals surface area contributed by atoms with E-state index >= 15 is 0 Å². The van der Waals surface area contributed by atoms with Gasteiger partial charge in [0.1, 0.15) is 0 Å². The van der Waals surface area contributed by atoms with Gasteiger partial charge in [-0.2, -0.15) is 0 Å². The van der Waals surface area contributed by atoms with E-state index in [1.165, 1.54) is 0 Å². The third-order valence-electron chi connectivity index (χ3n) is 0. The molecule has 0 aromatic heterocycles. The molecule has 0 aliphatic heterocycles. The van der Waals surface area contributed by atoms with Crippen molar-refractivity contribution in [3.05, 3.63) is 14.1 Å². The quantitative estimate of drug-likeness (QED) is 0.255. The van der Waals surface area contributed by atoms with Crippen LogP contribution in [0.5, 0.6) is 0 Å². The number of hydrogen-bond donors (Lipinski definition) is 0. The molecule has 0 spiro atoms. The summed E-state index contributed by atoms with van der Waals surface area (Å²) in [6.45, 7) is 7.94. The smallest absolute Gasteiger partial charge is 0.358 e. The maximum absolute atomic E-state index is 3.70. The second-order valence-corrected chi connectivity index (χ2v) is 3.24. The second-order valence-electron chi connectivity index (χ2n) is 1.08. The minimum Gasteiger partial charge on any atom is -0.358 e. The molecule has 0 aromatic rings. The van der Waals surface area contributed by atoms with Crippen LogP contribution in [0.15, 0.2) is 0 Å². The molecule has 0 radical (unpaired) electrons. The molecule has 0 aromatic carbocycles. The minimum absolute atomic E-state index is 0. The van der Waals surface area contributed by atoms with Gasteiger partial charge in [-0.1, -0.05) is 13.3 Å². The molecule has 0 nitrogen and oxygen atoms in total. The molecule has 0 unspecified atom stereocenters. The molecular formula is C4H11MgP. The summed E-state index contributed by atoms with van der Waals surface area (Å²) in [6.07, 6.45) is 0. The third kappa shape index (κ3) is 63.9. The van der Waals surface area contributed by atoms with E-state index in [1.54, 1.807) is 0 Å². The summed E-state index contributed by atoms with van der Waals surface area (Å²) in [5.74, 6) is 0. The van der Waals surface area contributed by atoms with E-state index in [9.17, 15) is 0 Å². The Morgan fingerprint density at radius 3 is 1.33 bits per heavy atom. The van der Waals surface area contributed by atoms with Crippen LogP contribution < -0.4 is 0 Å². The van der Waals surface area contributed by atoms with E-state index in [0.717, 1.165) is 0 Å². The SMILES string of the molecule is [CH2-]P(C)C.[CH3-].[Mg+2]. The molecule has 0 aliphatic rings. The topological polar surface area (TPSA) is 0 Å². The Labute approximate surface area is 58.6 Å². The summed E-state index contributed by atoms with van der Waals surface area (Å²) in [7, 11) is 0.130. The van der Waals surface area contributed by atoms with Gasteiger partial charge in [-0.05, 0) is 0 Å². The zero-order valence-electron chi connectivity index (χ0n) is 4.86. The molecule has 0 saturated heterocycles. The zero-order valence-corrected chi connectivity index (χ0v) is 7.17. The van der Waals surface area contributed by atoms with E-state index < -0.39 is 0 Å². The van der Waals surface area contributed by atoms with Gasteiger partial charge in [0.15, 0.2) is 0 Å². The molecule has 2 heteroatoms. The van der Waals surface area contributed by atoms with Gasteiger partial charge < -0.3 is 14.1 Å². The number of rotatable bonds is 0. The van der Waals surface area contributed by atoms with Crippen molar-refractivity contribution < 1.29 is 0 Å². The fourth-order valence-corrected chi connectivity index (χ4v) is 0. The van der Waals surface area contributed by atoms with Crippen LogP contribution in [0.4, 0.5) is 0 Å². The molecule has 0 aliphatic carbocycles. The van der Waals surface area contributed by atoms with Crippen LogP contribution in [0.1, 0.15) is 0 Å². The molecule has 0 atom stereocenters. The molecule has 0 rings (SSSR count). The minimum atomic E-state index is 0. The van der Waals surface area contributed by atoms with Crippen molar-refractivity contribution in [1.29, 1.82) is 0 Å². The van der Waals surface area contributed by atoms with E-state index in [-0.39, 0.29) is 38.4 Å². The molecule has 0 bridgehead atoms. The Morgan fingerprint density at radius 1 is 1.33 bits per heavy atom. The molecule has 0 fully saturated rings. The Balaban J connectivity index is -0.0000000450. The van der Waals surface area contributed by atoms with Gasteiger partial charge in [-0.15, -0.1) is 0 Å². The van der Waals surface area contributed by atoms with Gasteiger partial charge in [0.05, 0.1) is 0 Å². The maximum Gasteiger partial charge on any atom is 2.00 e. The first kappa shape index (κ1) is 15.7. The zero-order chi connectivity index (χ0) is 3.58. The van der Waals surface area contributed by atoms with Gasteiger partial charge in [-0.25, -0.2) is 0 Å². The molecule has 0 amide bonds. The van der Waals surface area contributed by atoms with Crippen LogP contribution >= 0.6 is 7.92 Å². The van der Waals surface area contributed by atoms with Crippen molar-refractivity contribution in [2.75, 3.05) is 13.3 Å². The maximum atomic E-state index is 3.70. The van der Waals surface area contributed by atoms with Crippen molar-refractivity contribution in [3.8, 4) is 0 Å². The Bertz CT molecular complexity index is 12.3. The predicted molar refractivity (Wildman–Crippen MR) is 36.3 cm³/mol. The van der Waals surface area contributed by atoms with Crippen LogP contribution in [0, 0.1) is 14.1 Å². The van der Waals surface area contributed by atoms with E-state index in [0.29, 0.717) is 0 Å². The van der Waals surface area contributed by atoms with Crippen LogP contribution in [-0.4, -0.2) is 36.4 Å². The second kappa shape index (κ2) is 9.50. The van der Waals surface area contributed by atoms with Crippen LogP contribution in [0.2, 0.25) is 0 Å². The van der Waals surface area contributed by atoms with Gasteiger partial charge in [0, 0.05) is 0 Å². The third-order valence-corrected chi connectivity index (χ3v) is 0. The fraction of sp³-hybridized carbons (Fsp3) is 0.500. The first-order valence-electron chi connectivity index (χ1n) is 1.21. The summed E-state index contributed by atoms with van der Waals surface area (Å²) < 4.78 is 0. The number of hydrogen-bond acceptors (Lipinski definition) is 0. The van der Waals surface area contributed by atoms with Gasteiger partial charge >= 0.3 is 23.1 Å². The summed E-state index contributed by atoms with van der Waals surface area (Å²) in [5.41, 5.74) is 0. The van der Waals surface area contributed by atoms with Gasteiger partial charge in [-0.3, -0.25) is 7.92 Å². The summed E-state index contributed by atoms with van der Waals surface area (Å²) in [6, 6.07) is 0. The van der Waals surface area contributed by atoms with E-state index in [1.807, 2.05) is 0 Å². The first-order chi connectivity index (χ1) is 1.73. The predicted octanol–water partition coefficient (Wildman–Crippen LogP) is 1.59. The van der Waals surface area contributed by atoms with Crippen molar-refractivity contribution in [1.82, 2.24) is 0 Å². The largest absolute Gasteiger partial charge is 2.00 e. The van der Waals surface area contributed by atoms with E-state index in [2.05, 4.69) is 20.0 Å². The van der Waals surface area contributed by atoms with E-state index in [4.69, 9.17) is 0 Å². The normalized spacial score (nSPS) is 6.00. The molecule has 0 saturated carbocycles. The monoisotopic (exact) mass is 114 g/mol. The van der Waals surface area contributed by atoms with Gasteiger partial charge in [0.2, 0.25) is 0 Å². The summed E-state index contributed by atoms with van der Waals surface area (Å²) >= 11 is 0. The molecule has 0 heterocycles. The van der Waals surface area contributed by atoms with Gasteiger partial charge in [0.25, 0.3) is 0 Å². The summed E-state index contributed by atoms with van der Waals surface area (Å²) in [4.78, 5) is 0. The average molecular weight is 114 g/mol. The van der Waals surface area contributed by atoms with Crippen LogP contribution in [0.25, 0.3) is 0 Å².